The van der Waals surface area contributed by atoms with E-state index in [1.165, 1.54) is 50.4 Å². The van der Waals surface area contributed by atoms with Crippen LogP contribution >= 0.6 is 0 Å². The number of fused-ring (bicyclic) bond motifs is 2. The number of benzene rings is 2. The second-order valence-corrected chi connectivity index (χ2v) is 20.3. The molecule has 1 aliphatic heterocycles. The van der Waals surface area contributed by atoms with Crippen LogP contribution in [0.25, 0.3) is 11.0 Å². The van der Waals surface area contributed by atoms with Crippen LogP contribution in [0.2, 0.25) is 0 Å². The normalized spacial score (nSPS) is 22.5. The molecule has 4 atom stereocenters. The minimum absolute atomic E-state index is 0.0290. The average Bonchev–Trinajstić information content (AvgIpc) is 3.78. The molecule has 3 N–H and O–H groups in total. The number of hydrogen-bond acceptors (Lipinski definition) is 12. The maximum atomic E-state index is 13.9. The number of nitro benzene ring substituents is 1. The van der Waals surface area contributed by atoms with E-state index < -0.39 is 31.4 Å². The van der Waals surface area contributed by atoms with E-state index in [1.807, 2.05) is 18.0 Å². The third-order valence-electron chi connectivity index (χ3n) is 13.6. The molecule has 0 radical (unpaired) electrons. The molecule has 4 aromatic rings. The van der Waals surface area contributed by atoms with Gasteiger partial charge in [0.05, 0.1) is 21.6 Å². The van der Waals surface area contributed by atoms with Gasteiger partial charge in [-0.2, -0.15) is 0 Å². The predicted molar refractivity (Wildman–Crippen MR) is 238 cm³/mol. The molecule has 62 heavy (non-hydrogen) atoms. The fourth-order valence-electron chi connectivity index (χ4n) is 10.0. The second-order valence-electron chi connectivity index (χ2n) is 18.6. The molecule has 3 fully saturated rings. The fraction of sp³-hybridized carbons (Fsp3) is 0.522. The number of rotatable bonds is 17. The molecule has 3 heterocycles. The Morgan fingerprint density at radius 2 is 1.87 bits per heavy atom. The molecule has 1 amide bonds. The van der Waals surface area contributed by atoms with E-state index in [9.17, 15) is 28.4 Å². The predicted octanol–water partition coefficient (Wildman–Crippen LogP) is 6.40. The van der Waals surface area contributed by atoms with E-state index in [2.05, 4.69) is 50.6 Å². The number of amides is 1. The number of piperazine rings is 1. The molecule has 0 spiro atoms. The number of likely N-dealkylation sites (N-methyl/N-ethyl adjacent to an activating group) is 1. The highest BCUT2D eigenvalue weighted by Gasteiger charge is 2.54. The maximum Gasteiger partial charge on any atom is 0.293 e. The fourth-order valence-corrected chi connectivity index (χ4v) is 11.0. The number of hydrogen-bond donors (Lipinski definition) is 3. The van der Waals surface area contributed by atoms with Crippen LogP contribution in [0.4, 0.5) is 17.1 Å². The number of aromatic amines is 1. The number of sulfonamides is 1. The lowest BCUT2D eigenvalue weighted by Gasteiger charge is -2.40. The Morgan fingerprint density at radius 1 is 1.06 bits per heavy atom. The second kappa shape index (κ2) is 18.0. The lowest BCUT2D eigenvalue weighted by Crippen LogP contribution is -2.47. The first-order chi connectivity index (χ1) is 29.7. The van der Waals surface area contributed by atoms with Crippen molar-refractivity contribution in [2.75, 3.05) is 76.2 Å². The summed E-state index contributed by atoms with van der Waals surface area (Å²) in [6, 6.07) is 12.2. The lowest BCUT2D eigenvalue weighted by atomic mass is 9.69. The van der Waals surface area contributed by atoms with E-state index in [-0.39, 0.29) is 23.6 Å². The van der Waals surface area contributed by atoms with E-state index in [4.69, 9.17) is 4.74 Å². The number of H-pyrrole nitrogens is 1. The molecule has 4 aliphatic rings. The summed E-state index contributed by atoms with van der Waals surface area (Å²) in [6.45, 7) is 12.8. The monoisotopic (exact) mass is 867 g/mol. The highest BCUT2D eigenvalue weighted by atomic mass is 32.2. The maximum absolute atomic E-state index is 13.9. The number of nitrogens with zero attached hydrogens (tertiary/aromatic N) is 5. The summed E-state index contributed by atoms with van der Waals surface area (Å²) >= 11 is 0. The Labute approximate surface area is 364 Å². The van der Waals surface area contributed by atoms with Gasteiger partial charge in [-0.1, -0.05) is 31.9 Å². The van der Waals surface area contributed by atoms with Crippen LogP contribution in [-0.2, 0) is 10.0 Å². The van der Waals surface area contributed by atoms with Gasteiger partial charge >= 0.3 is 0 Å². The van der Waals surface area contributed by atoms with Gasteiger partial charge in [-0.25, -0.2) is 18.1 Å². The van der Waals surface area contributed by atoms with Gasteiger partial charge in [-0.3, -0.25) is 19.8 Å². The molecule has 2 saturated carbocycles. The van der Waals surface area contributed by atoms with Crippen molar-refractivity contribution in [3.05, 3.63) is 87.7 Å². The molecule has 1 saturated heterocycles. The van der Waals surface area contributed by atoms with Crippen molar-refractivity contribution in [1.29, 1.82) is 0 Å². The van der Waals surface area contributed by atoms with E-state index in [1.54, 1.807) is 41.6 Å². The van der Waals surface area contributed by atoms with E-state index in [0.29, 0.717) is 42.9 Å². The zero-order valence-electron chi connectivity index (χ0n) is 36.2. The summed E-state index contributed by atoms with van der Waals surface area (Å²) in [6.07, 6.45) is 10.3. The van der Waals surface area contributed by atoms with Crippen molar-refractivity contribution in [3.8, 4) is 11.5 Å². The summed E-state index contributed by atoms with van der Waals surface area (Å²) < 4.78 is 35.8. The Kier molecular flexibility index (Phi) is 12.7. The minimum atomic E-state index is -4.56. The zero-order valence-corrected chi connectivity index (χ0v) is 37.0. The number of pyridine rings is 1. The van der Waals surface area contributed by atoms with Crippen LogP contribution in [-0.4, -0.2) is 105 Å². The van der Waals surface area contributed by atoms with Crippen LogP contribution in [0.1, 0.15) is 69.7 Å². The van der Waals surface area contributed by atoms with Gasteiger partial charge in [0.1, 0.15) is 22.8 Å². The number of nitrogens with one attached hydrogen (secondary N) is 3. The van der Waals surface area contributed by atoms with Crippen molar-refractivity contribution < 1.29 is 28.0 Å². The summed E-state index contributed by atoms with van der Waals surface area (Å²) in [5, 5.41) is 26.7. The van der Waals surface area contributed by atoms with Crippen molar-refractivity contribution in [2.45, 2.75) is 64.2 Å². The number of allylic oxidation sites excluding steroid dienone is 1. The Bertz CT molecular complexity index is 2440. The van der Waals surface area contributed by atoms with Crippen molar-refractivity contribution in [2.24, 2.45) is 29.1 Å². The largest absolute Gasteiger partial charge is 0.854 e. The first-order valence-electron chi connectivity index (χ1n) is 22.0. The Morgan fingerprint density at radius 3 is 2.60 bits per heavy atom. The number of carbonyl (C=O) groups excluding carboxylic acids is 1. The van der Waals surface area contributed by atoms with Crippen LogP contribution in [0.5, 0.6) is 11.5 Å². The third kappa shape index (κ3) is 9.78. The summed E-state index contributed by atoms with van der Waals surface area (Å²) in [7, 11) is -2.74. The van der Waals surface area contributed by atoms with Crippen molar-refractivity contribution in [1.82, 2.24) is 24.5 Å². The van der Waals surface area contributed by atoms with Gasteiger partial charge in [0.25, 0.3) is 21.6 Å². The molecular weight excluding hydrogens is 809 g/mol. The topological polar surface area (TPSA) is 189 Å². The van der Waals surface area contributed by atoms with Gasteiger partial charge in [0, 0.05) is 68.7 Å². The van der Waals surface area contributed by atoms with Crippen molar-refractivity contribution in [3.63, 3.8) is 0 Å². The SMILES string of the molecule is C[C@H]1C[C@@H](C2=C(CN3CCN(c4ccc(C(=O)NS(=O)(=O)c5ccc(NCCCN(C)CC[O-])c([N+](=O)[O-])c5)c(Oc5cnc6[nH]ccc6c5)c4)CC3)CCC(C)(C)C2)C2CC21. The molecule has 16 heteroatoms. The lowest BCUT2D eigenvalue weighted by molar-refractivity contribution is -0.384. The van der Waals surface area contributed by atoms with Gasteiger partial charge in [-0.15, -0.1) is 6.61 Å². The summed E-state index contributed by atoms with van der Waals surface area (Å²) in [5.74, 6) is 2.98. The highest BCUT2D eigenvalue weighted by molar-refractivity contribution is 7.90. The number of nitro groups is 1. The van der Waals surface area contributed by atoms with E-state index >= 15 is 0 Å². The molecule has 8 rings (SSSR count). The smallest absolute Gasteiger partial charge is 0.293 e. The molecule has 15 nitrogen and oxygen atoms in total. The van der Waals surface area contributed by atoms with Crippen LogP contribution in [0, 0.1) is 39.2 Å². The number of aromatic nitrogens is 2. The number of anilines is 2. The molecular formula is C46H59N8O7S-. The van der Waals surface area contributed by atoms with Crippen LogP contribution in [0.3, 0.4) is 0 Å². The standard InChI is InChI=1S/C46H59N8O7S/c1-30-22-38(39-26-37(30)39)40-27-46(2,3)12-10-32(40)29-52-16-18-53(19-17-52)33-6-8-36(43(24-33)61-34-23-31-11-14-48-44(31)49-28-34)45(56)50-62(59,60)35-7-9-41(42(25-35)54(57)58)47-13-5-15-51(4)20-21-55/h6-9,11,14,23-25,28,30,37-39,47H,5,10,12-13,15-22,26-27,29H2,1-4H3,(H,48,49)(H,50,56)/q-1/t30-,37?,38+,39?/m0/s1. The first-order valence-corrected chi connectivity index (χ1v) is 23.5. The minimum Gasteiger partial charge on any atom is -0.854 e. The van der Waals surface area contributed by atoms with Gasteiger partial charge in [0.15, 0.2) is 0 Å². The molecule has 0 bridgehead atoms. The van der Waals surface area contributed by atoms with Crippen LogP contribution < -0.4 is 24.8 Å². The van der Waals surface area contributed by atoms with Gasteiger partial charge in [-0.05, 0) is 124 Å². The van der Waals surface area contributed by atoms with E-state index in [0.717, 1.165) is 73.5 Å². The third-order valence-corrected chi connectivity index (χ3v) is 14.9. The number of ether oxygens (including phenoxy) is 1. The Hall–Kier alpha value is -5.03. The Balaban J connectivity index is 0.981. The highest BCUT2D eigenvalue weighted by Crippen LogP contribution is 2.62. The number of carbonyl (C=O) groups is 1. The summed E-state index contributed by atoms with van der Waals surface area (Å²) in [4.78, 5) is 39.0. The quantitative estimate of drug-likeness (QED) is 0.0460. The molecule has 2 aromatic heterocycles. The van der Waals surface area contributed by atoms with Crippen molar-refractivity contribution >= 4 is 44.0 Å². The van der Waals surface area contributed by atoms with Gasteiger partial charge in [0.2, 0.25) is 0 Å². The molecule has 332 valence electrons. The summed E-state index contributed by atoms with van der Waals surface area (Å²) in [5.41, 5.74) is 4.96. The average molecular weight is 868 g/mol. The first kappa shape index (κ1) is 43.6. The zero-order chi connectivity index (χ0) is 43.8. The molecule has 2 aromatic carbocycles. The van der Waals surface area contributed by atoms with Gasteiger partial charge < -0.3 is 29.9 Å². The molecule has 3 aliphatic carbocycles. The van der Waals surface area contributed by atoms with Crippen LogP contribution in [0.15, 0.2) is 77.0 Å². The molecule has 2 unspecified atom stereocenters.